The van der Waals surface area contributed by atoms with Gasteiger partial charge in [0.2, 0.25) is 16.0 Å². The molecule has 0 bridgehead atoms. The van der Waals surface area contributed by atoms with Crippen molar-refractivity contribution in [1.82, 2.24) is 9.97 Å². The molecule has 0 aliphatic carbocycles. The predicted molar refractivity (Wildman–Crippen MR) is 114 cm³/mol. The molecule has 30 heavy (non-hydrogen) atoms. The van der Waals surface area contributed by atoms with Gasteiger partial charge in [-0.25, -0.2) is 18.5 Å². The van der Waals surface area contributed by atoms with Crippen LogP contribution in [0.2, 0.25) is 0 Å². The van der Waals surface area contributed by atoms with Gasteiger partial charge in [-0.1, -0.05) is 24.3 Å². The normalized spacial score (nSPS) is 11.1. The summed E-state index contributed by atoms with van der Waals surface area (Å²) < 4.78 is 22.6. The van der Waals surface area contributed by atoms with Gasteiger partial charge in [-0.05, 0) is 35.7 Å². The molecule has 1 aromatic heterocycles. The summed E-state index contributed by atoms with van der Waals surface area (Å²) in [7, 11) is -3.71. The summed E-state index contributed by atoms with van der Waals surface area (Å²) in [6.07, 6.45) is 0.627. The number of nitrogens with zero attached hydrogens (tertiary/aromatic N) is 3. The van der Waals surface area contributed by atoms with Crippen LogP contribution in [0.4, 0.5) is 11.8 Å². The van der Waals surface area contributed by atoms with E-state index in [9.17, 15) is 13.7 Å². The minimum atomic E-state index is -3.71. The minimum Gasteiger partial charge on any atom is -0.370 e. The average molecular weight is 424 g/mol. The number of hydrogen-bond acceptors (Lipinski definition) is 8. The smallest absolute Gasteiger partial charge is 0.238 e. The monoisotopic (exact) mass is 423 g/mol. The molecule has 0 amide bonds. The van der Waals surface area contributed by atoms with Crippen LogP contribution in [0.15, 0.2) is 53.4 Å². The van der Waals surface area contributed by atoms with Crippen molar-refractivity contribution in [2.45, 2.75) is 17.9 Å². The Hall–Kier alpha value is -3.52. The number of hydrogen-bond donors (Lipinski definition) is 4. The number of primary sulfonamides is 1. The number of nitriles is 1. The highest BCUT2D eigenvalue weighted by Gasteiger charge is 2.12. The Morgan fingerprint density at radius 1 is 1.10 bits per heavy atom. The average Bonchev–Trinajstić information content (AvgIpc) is 2.72. The Labute approximate surface area is 174 Å². The van der Waals surface area contributed by atoms with E-state index in [1.54, 1.807) is 30.3 Å². The molecule has 0 aliphatic rings. The van der Waals surface area contributed by atoms with E-state index in [2.05, 4.69) is 21.4 Å². The zero-order chi connectivity index (χ0) is 21.7. The van der Waals surface area contributed by atoms with Crippen LogP contribution < -0.4 is 21.9 Å². The van der Waals surface area contributed by atoms with Crippen LogP contribution in [0.1, 0.15) is 16.7 Å². The molecule has 10 heteroatoms. The van der Waals surface area contributed by atoms with E-state index >= 15 is 0 Å². The summed E-state index contributed by atoms with van der Waals surface area (Å²) in [4.78, 5) is 8.55. The summed E-state index contributed by atoms with van der Waals surface area (Å²) >= 11 is 0. The molecule has 9 nitrogen and oxygen atoms in total. The molecular formula is C20H21N7O2S. The number of nitrogens with one attached hydrogen (secondary N) is 1. The Morgan fingerprint density at radius 2 is 1.83 bits per heavy atom. The van der Waals surface area contributed by atoms with Crippen LogP contribution in [0, 0.1) is 11.3 Å². The van der Waals surface area contributed by atoms with Crippen molar-refractivity contribution in [2.24, 2.45) is 10.9 Å². The van der Waals surface area contributed by atoms with Gasteiger partial charge in [0.15, 0.2) is 0 Å². The van der Waals surface area contributed by atoms with Crippen LogP contribution in [0.5, 0.6) is 0 Å². The van der Waals surface area contributed by atoms with E-state index in [0.717, 1.165) is 11.1 Å². The first kappa shape index (κ1) is 21.2. The number of anilines is 2. The SMILES string of the molecule is N#Cc1cccc(-c2cc(NCCc3ccc(S(N)(=O)=O)cc3)nc(N)n2)c1CN. The van der Waals surface area contributed by atoms with Gasteiger partial charge in [0.1, 0.15) is 5.82 Å². The van der Waals surface area contributed by atoms with Gasteiger partial charge >= 0.3 is 0 Å². The third-order valence-corrected chi connectivity index (χ3v) is 5.42. The fraction of sp³-hybridized carbons (Fsp3) is 0.150. The van der Waals surface area contributed by atoms with Crippen LogP contribution in [0.25, 0.3) is 11.3 Å². The molecule has 0 saturated heterocycles. The predicted octanol–water partition coefficient (Wildman–Crippen LogP) is 1.36. The van der Waals surface area contributed by atoms with Gasteiger partial charge < -0.3 is 16.8 Å². The number of nitrogen functional groups attached to an aromatic ring is 1. The van der Waals surface area contributed by atoms with Crippen LogP contribution in [-0.2, 0) is 23.0 Å². The molecule has 1 heterocycles. The summed E-state index contributed by atoms with van der Waals surface area (Å²) in [5, 5.41) is 17.6. The lowest BCUT2D eigenvalue weighted by Gasteiger charge is -2.12. The molecule has 0 spiro atoms. The lowest BCUT2D eigenvalue weighted by Crippen LogP contribution is -2.12. The van der Waals surface area contributed by atoms with Crippen molar-refractivity contribution < 1.29 is 8.42 Å². The summed E-state index contributed by atoms with van der Waals surface area (Å²) in [6, 6.07) is 15.6. The van der Waals surface area contributed by atoms with E-state index in [4.69, 9.17) is 16.6 Å². The van der Waals surface area contributed by atoms with Gasteiger partial charge in [0.25, 0.3) is 0 Å². The number of benzene rings is 2. The van der Waals surface area contributed by atoms with Crippen molar-refractivity contribution >= 4 is 21.8 Å². The lowest BCUT2D eigenvalue weighted by atomic mass is 9.99. The number of nitrogens with two attached hydrogens (primary N) is 3. The molecule has 0 aliphatic heterocycles. The van der Waals surface area contributed by atoms with E-state index in [0.29, 0.717) is 35.6 Å². The highest BCUT2D eigenvalue weighted by Crippen LogP contribution is 2.26. The van der Waals surface area contributed by atoms with Gasteiger partial charge in [-0.2, -0.15) is 10.2 Å². The molecular weight excluding hydrogens is 402 g/mol. The third kappa shape index (κ3) is 4.90. The highest BCUT2D eigenvalue weighted by molar-refractivity contribution is 7.89. The molecule has 0 fully saturated rings. The number of sulfonamides is 1. The summed E-state index contributed by atoms with van der Waals surface area (Å²) in [6.45, 7) is 0.729. The Balaban J connectivity index is 1.76. The Morgan fingerprint density at radius 3 is 2.47 bits per heavy atom. The summed E-state index contributed by atoms with van der Waals surface area (Å²) in [5.74, 6) is 0.627. The molecule has 3 rings (SSSR count). The van der Waals surface area contributed by atoms with Crippen LogP contribution in [-0.4, -0.2) is 24.9 Å². The van der Waals surface area contributed by atoms with Crippen molar-refractivity contribution in [3.05, 3.63) is 65.2 Å². The zero-order valence-corrected chi connectivity index (χ0v) is 16.9. The molecule has 0 radical (unpaired) electrons. The fourth-order valence-electron chi connectivity index (χ4n) is 3.03. The number of aromatic nitrogens is 2. The maximum absolute atomic E-state index is 11.3. The third-order valence-electron chi connectivity index (χ3n) is 4.49. The highest BCUT2D eigenvalue weighted by atomic mass is 32.2. The Kier molecular flexibility index (Phi) is 6.27. The van der Waals surface area contributed by atoms with Gasteiger partial charge in [0.05, 0.1) is 22.2 Å². The van der Waals surface area contributed by atoms with Crippen molar-refractivity contribution in [1.29, 1.82) is 5.26 Å². The first-order valence-corrected chi connectivity index (χ1v) is 10.6. The van der Waals surface area contributed by atoms with E-state index < -0.39 is 10.0 Å². The molecule has 3 aromatic rings. The van der Waals surface area contributed by atoms with E-state index in [1.165, 1.54) is 12.1 Å². The standard InChI is InChI=1S/C20H21N7O2S/c21-11-14-2-1-3-16(17(14)12-22)18-10-19(27-20(23)26-18)25-9-8-13-4-6-15(7-5-13)30(24,28)29/h1-7,10H,8-9,12,22H2,(H2,24,28,29)(H3,23,25,26,27). The largest absolute Gasteiger partial charge is 0.370 e. The second kappa shape index (κ2) is 8.87. The maximum Gasteiger partial charge on any atom is 0.238 e. The quantitative estimate of drug-likeness (QED) is 0.440. The summed E-state index contributed by atoms with van der Waals surface area (Å²) in [5.41, 5.74) is 15.1. The minimum absolute atomic E-state index is 0.0720. The van der Waals surface area contributed by atoms with Crippen molar-refractivity contribution in [3.8, 4) is 17.3 Å². The number of rotatable bonds is 7. The Bertz CT molecular complexity index is 1200. The van der Waals surface area contributed by atoms with Crippen LogP contribution in [0.3, 0.4) is 0 Å². The maximum atomic E-state index is 11.3. The van der Waals surface area contributed by atoms with Crippen molar-refractivity contribution in [2.75, 3.05) is 17.6 Å². The van der Waals surface area contributed by atoms with Gasteiger partial charge in [0, 0.05) is 24.7 Å². The molecule has 2 aromatic carbocycles. The second-order valence-corrected chi connectivity index (χ2v) is 8.07. The van der Waals surface area contributed by atoms with E-state index in [1.807, 2.05) is 6.07 Å². The molecule has 0 unspecified atom stereocenters. The fourth-order valence-corrected chi connectivity index (χ4v) is 3.54. The van der Waals surface area contributed by atoms with E-state index in [-0.39, 0.29) is 17.4 Å². The van der Waals surface area contributed by atoms with Gasteiger partial charge in [-0.15, -0.1) is 0 Å². The lowest BCUT2D eigenvalue weighted by molar-refractivity contribution is 0.598. The van der Waals surface area contributed by atoms with Crippen molar-refractivity contribution in [3.63, 3.8) is 0 Å². The van der Waals surface area contributed by atoms with Crippen LogP contribution >= 0.6 is 0 Å². The second-order valence-electron chi connectivity index (χ2n) is 6.51. The first-order valence-electron chi connectivity index (χ1n) is 9.04. The first-order chi connectivity index (χ1) is 14.3. The molecule has 0 atom stereocenters. The molecule has 0 saturated carbocycles. The molecule has 154 valence electrons. The molecule has 7 N–H and O–H groups in total. The topological polar surface area (TPSA) is 174 Å². The zero-order valence-electron chi connectivity index (χ0n) is 16.0. The van der Waals surface area contributed by atoms with Gasteiger partial charge in [-0.3, -0.25) is 0 Å².